The minimum absolute atomic E-state index is 0.313. The molecule has 2 aliphatic rings. The predicted molar refractivity (Wildman–Crippen MR) is 101 cm³/mol. The number of nitrogens with one attached hydrogen (secondary N) is 1. The molecule has 126 valence electrons. The quantitative estimate of drug-likeness (QED) is 0.713. The third kappa shape index (κ3) is 2.22. The Morgan fingerprint density at radius 2 is 1.72 bits per heavy atom. The van der Waals surface area contributed by atoms with Crippen molar-refractivity contribution in [2.75, 3.05) is 5.32 Å². The molecule has 5 heteroatoms. The van der Waals surface area contributed by atoms with Gasteiger partial charge in [-0.05, 0) is 49.3 Å². The number of nitrogens with two attached hydrogens (primary N) is 1. The number of imidazole rings is 1. The molecule has 3 aromatic rings. The molecule has 0 bridgehead atoms. The van der Waals surface area contributed by atoms with Gasteiger partial charge in [0.05, 0.1) is 11.0 Å². The summed E-state index contributed by atoms with van der Waals surface area (Å²) < 4.78 is 2.26. The predicted octanol–water partition coefficient (Wildman–Crippen LogP) is 3.79. The van der Waals surface area contributed by atoms with Gasteiger partial charge in [0.25, 0.3) is 0 Å². The number of fused-ring (bicyclic) bond motifs is 4. The molecule has 0 radical (unpaired) electrons. The fraction of sp³-hybridized carbons (Fsp3) is 0.300. The summed E-state index contributed by atoms with van der Waals surface area (Å²) in [5.74, 6) is 1.88. The van der Waals surface area contributed by atoms with E-state index < -0.39 is 0 Å². The van der Waals surface area contributed by atoms with Gasteiger partial charge >= 0.3 is 0 Å². The largest absolute Gasteiger partial charge is 0.370 e. The van der Waals surface area contributed by atoms with E-state index >= 15 is 0 Å². The van der Waals surface area contributed by atoms with Crippen LogP contribution in [-0.2, 0) is 5.66 Å². The second-order valence-corrected chi connectivity index (χ2v) is 7.05. The highest BCUT2D eigenvalue weighted by Gasteiger charge is 2.42. The molecule has 1 aliphatic heterocycles. The van der Waals surface area contributed by atoms with Gasteiger partial charge in [0, 0.05) is 0 Å². The highest BCUT2D eigenvalue weighted by Crippen LogP contribution is 2.46. The van der Waals surface area contributed by atoms with Gasteiger partial charge < -0.3 is 5.73 Å². The molecule has 25 heavy (non-hydrogen) atoms. The molecular formula is C20H21N5. The highest BCUT2D eigenvalue weighted by atomic mass is 15.4. The molecule has 1 spiro atoms. The van der Waals surface area contributed by atoms with Crippen LogP contribution in [0.15, 0.2) is 59.6 Å². The van der Waals surface area contributed by atoms with Crippen molar-refractivity contribution < 1.29 is 0 Å². The lowest BCUT2D eigenvalue weighted by Gasteiger charge is -2.41. The molecule has 0 amide bonds. The molecule has 2 heterocycles. The van der Waals surface area contributed by atoms with Crippen LogP contribution in [-0.4, -0.2) is 15.5 Å². The maximum Gasteiger partial charge on any atom is 0.212 e. The highest BCUT2D eigenvalue weighted by molar-refractivity contribution is 5.94. The molecule has 3 N–H and O–H groups in total. The zero-order chi connectivity index (χ0) is 16.9. The third-order valence-electron chi connectivity index (χ3n) is 5.60. The van der Waals surface area contributed by atoms with Crippen LogP contribution in [0, 0.1) is 0 Å². The molecule has 1 saturated carbocycles. The second kappa shape index (κ2) is 5.34. The molecule has 5 nitrogen and oxygen atoms in total. The Labute approximate surface area is 146 Å². The molecule has 0 unspecified atom stereocenters. The number of aromatic nitrogens is 2. The van der Waals surface area contributed by atoms with E-state index in [1.54, 1.807) is 0 Å². The zero-order valence-corrected chi connectivity index (χ0v) is 14.0. The van der Waals surface area contributed by atoms with Crippen LogP contribution in [0.1, 0.15) is 37.2 Å². The Kier molecular flexibility index (Phi) is 3.10. The Morgan fingerprint density at radius 1 is 1.00 bits per heavy atom. The standard InChI is InChI=1S/C20H21N5/c21-18-23-19-22-16-8-4-5-9-17(16)25(19)20(24-18)12-10-15(11-13-20)14-6-2-1-3-7-14/h1-9,15H,10-13H2,(H3,21,22,23,24). The van der Waals surface area contributed by atoms with Gasteiger partial charge in [-0.2, -0.15) is 0 Å². The molecule has 0 saturated heterocycles. The van der Waals surface area contributed by atoms with E-state index in [2.05, 4.69) is 52.3 Å². The van der Waals surface area contributed by atoms with Gasteiger partial charge in [-0.15, -0.1) is 0 Å². The van der Waals surface area contributed by atoms with Gasteiger partial charge in [-0.1, -0.05) is 42.5 Å². The fourth-order valence-corrected chi connectivity index (χ4v) is 4.42. The van der Waals surface area contributed by atoms with E-state index in [1.807, 2.05) is 12.1 Å². The second-order valence-electron chi connectivity index (χ2n) is 7.05. The monoisotopic (exact) mass is 331 g/mol. The van der Waals surface area contributed by atoms with Gasteiger partial charge in [-0.3, -0.25) is 9.88 Å². The van der Waals surface area contributed by atoms with Crippen LogP contribution in [0.3, 0.4) is 0 Å². The summed E-state index contributed by atoms with van der Waals surface area (Å²) in [4.78, 5) is 9.59. The number of hydrogen-bond acceptors (Lipinski definition) is 4. The summed E-state index contributed by atoms with van der Waals surface area (Å²) in [7, 11) is 0. The van der Waals surface area contributed by atoms with Crippen molar-refractivity contribution in [1.29, 1.82) is 0 Å². The topological polar surface area (TPSA) is 68.2 Å². The summed E-state index contributed by atoms with van der Waals surface area (Å²) in [5.41, 5.74) is 9.33. The summed E-state index contributed by atoms with van der Waals surface area (Å²) in [6.07, 6.45) is 4.16. The number of nitrogens with zero attached hydrogens (tertiary/aromatic N) is 3. The van der Waals surface area contributed by atoms with E-state index in [1.165, 1.54) is 5.56 Å². The van der Waals surface area contributed by atoms with Crippen molar-refractivity contribution in [1.82, 2.24) is 9.55 Å². The smallest absolute Gasteiger partial charge is 0.212 e. The Bertz CT molecular complexity index is 949. The van der Waals surface area contributed by atoms with Gasteiger partial charge in [0.2, 0.25) is 5.95 Å². The molecule has 1 fully saturated rings. The number of anilines is 1. The molecule has 0 atom stereocenters. The molecular weight excluding hydrogens is 310 g/mol. The van der Waals surface area contributed by atoms with Crippen LogP contribution in [0.2, 0.25) is 0 Å². The van der Waals surface area contributed by atoms with Crippen molar-refractivity contribution in [3.63, 3.8) is 0 Å². The van der Waals surface area contributed by atoms with E-state index in [-0.39, 0.29) is 5.66 Å². The first-order chi connectivity index (χ1) is 12.3. The normalized spacial score (nSPS) is 25.4. The molecule has 2 aromatic carbocycles. The van der Waals surface area contributed by atoms with Crippen molar-refractivity contribution in [2.24, 2.45) is 10.7 Å². The summed E-state index contributed by atoms with van der Waals surface area (Å²) in [6, 6.07) is 19.0. The molecule has 5 rings (SSSR count). The molecule has 1 aromatic heterocycles. The van der Waals surface area contributed by atoms with Crippen molar-refractivity contribution in [2.45, 2.75) is 37.3 Å². The summed E-state index contributed by atoms with van der Waals surface area (Å²) in [6.45, 7) is 0. The number of hydrogen-bond donors (Lipinski definition) is 2. The Balaban J connectivity index is 1.55. The Hall–Kier alpha value is -2.82. The van der Waals surface area contributed by atoms with Crippen LogP contribution in [0.5, 0.6) is 0 Å². The van der Waals surface area contributed by atoms with Crippen molar-refractivity contribution in [3.05, 3.63) is 60.2 Å². The molecule has 1 aliphatic carbocycles. The van der Waals surface area contributed by atoms with E-state index in [0.717, 1.165) is 42.7 Å². The average Bonchev–Trinajstić information content (AvgIpc) is 3.02. The van der Waals surface area contributed by atoms with Gasteiger partial charge in [-0.25, -0.2) is 9.98 Å². The minimum atomic E-state index is -0.313. The SMILES string of the molecule is NC1=NC2(CCC(c3ccccc3)CC2)n2c(nc3ccccc32)N1. The number of aliphatic imine (C=N–C) groups is 1. The van der Waals surface area contributed by atoms with Crippen LogP contribution in [0.4, 0.5) is 5.95 Å². The van der Waals surface area contributed by atoms with Crippen molar-refractivity contribution in [3.8, 4) is 0 Å². The summed E-state index contributed by atoms with van der Waals surface area (Å²) in [5, 5.41) is 3.14. The van der Waals surface area contributed by atoms with Gasteiger partial charge in [0.1, 0.15) is 5.66 Å². The first-order valence-corrected chi connectivity index (χ1v) is 8.90. The Morgan fingerprint density at radius 3 is 2.52 bits per heavy atom. The number of benzene rings is 2. The lowest BCUT2D eigenvalue weighted by atomic mass is 9.78. The van der Waals surface area contributed by atoms with E-state index in [9.17, 15) is 0 Å². The maximum atomic E-state index is 6.11. The first kappa shape index (κ1) is 14.5. The maximum absolute atomic E-state index is 6.11. The van der Waals surface area contributed by atoms with Crippen LogP contribution >= 0.6 is 0 Å². The number of para-hydroxylation sites is 2. The first-order valence-electron chi connectivity index (χ1n) is 8.90. The number of guanidine groups is 1. The van der Waals surface area contributed by atoms with Gasteiger partial charge in [0.15, 0.2) is 5.96 Å². The van der Waals surface area contributed by atoms with E-state index in [4.69, 9.17) is 15.7 Å². The van der Waals surface area contributed by atoms with Crippen molar-refractivity contribution >= 4 is 22.9 Å². The van der Waals surface area contributed by atoms with Crippen LogP contribution in [0.25, 0.3) is 11.0 Å². The average molecular weight is 331 g/mol. The lowest BCUT2D eigenvalue weighted by molar-refractivity contribution is 0.194. The number of rotatable bonds is 1. The lowest BCUT2D eigenvalue weighted by Crippen LogP contribution is -2.44. The summed E-state index contributed by atoms with van der Waals surface area (Å²) >= 11 is 0. The zero-order valence-electron chi connectivity index (χ0n) is 14.0. The van der Waals surface area contributed by atoms with Crippen LogP contribution < -0.4 is 11.1 Å². The minimum Gasteiger partial charge on any atom is -0.370 e. The third-order valence-corrected chi connectivity index (χ3v) is 5.60. The fourth-order valence-electron chi connectivity index (χ4n) is 4.42. The van der Waals surface area contributed by atoms with E-state index in [0.29, 0.717) is 11.9 Å².